The molecule has 0 aliphatic carbocycles. The zero-order valence-corrected chi connectivity index (χ0v) is 17.1. The summed E-state index contributed by atoms with van der Waals surface area (Å²) in [5, 5.41) is 8.57. The van der Waals surface area contributed by atoms with Crippen LogP contribution in [0.5, 0.6) is 0 Å². The van der Waals surface area contributed by atoms with Crippen LogP contribution in [-0.4, -0.2) is 53.9 Å². The molecule has 1 N–H and O–H groups in total. The second-order valence-electron chi connectivity index (χ2n) is 8.80. The number of rotatable bonds is 5. The van der Waals surface area contributed by atoms with Crippen molar-refractivity contribution >= 4 is 5.69 Å². The second-order valence-corrected chi connectivity index (χ2v) is 8.80. The van der Waals surface area contributed by atoms with Crippen molar-refractivity contribution in [2.45, 2.75) is 39.3 Å². The molecule has 1 aromatic heterocycles. The molecule has 28 heavy (non-hydrogen) atoms. The van der Waals surface area contributed by atoms with Crippen molar-refractivity contribution in [3.8, 4) is 11.3 Å². The SMILES string of the molecule is CCn1cc(CN2CC3CNCC3C2)c(-c2ccccc2N2CCCCC2)n1. The number of nitrogens with one attached hydrogen (secondary N) is 1. The average molecular weight is 380 g/mol. The van der Waals surface area contributed by atoms with Gasteiger partial charge in [-0.3, -0.25) is 9.58 Å². The van der Waals surface area contributed by atoms with E-state index in [1.165, 1.54) is 81.0 Å². The Bertz CT molecular complexity index is 795. The average Bonchev–Trinajstić information content (AvgIpc) is 3.44. The van der Waals surface area contributed by atoms with Gasteiger partial charge in [-0.1, -0.05) is 18.2 Å². The highest BCUT2D eigenvalue weighted by atomic mass is 15.3. The lowest BCUT2D eigenvalue weighted by Gasteiger charge is -2.30. The van der Waals surface area contributed by atoms with Gasteiger partial charge >= 0.3 is 0 Å². The largest absolute Gasteiger partial charge is 0.371 e. The molecule has 3 aliphatic rings. The molecule has 150 valence electrons. The molecule has 5 rings (SSSR count). The van der Waals surface area contributed by atoms with Gasteiger partial charge in [-0.05, 0) is 57.2 Å². The number of piperidine rings is 1. The highest BCUT2D eigenvalue weighted by Crippen LogP contribution is 2.35. The summed E-state index contributed by atoms with van der Waals surface area (Å²) in [6, 6.07) is 8.92. The molecule has 0 bridgehead atoms. The van der Waals surface area contributed by atoms with Crippen molar-refractivity contribution < 1.29 is 0 Å². The summed E-state index contributed by atoms with van der Waals surface area (Å²) in [5.41, 5.74) is 5.26. The van der Waals surface area contributed by atoms with E-state index in [4.69, 9.17) is 5.10 Å². The van der Waals surface area contributed by atoms with Crippen molar-refractivity contribution in [2.75, 3.05) is 44.2 Å². The Morgan fingerprint density at radius 3 is 2.54 bits per heavy atom. The van der Waals surface area contributed by atoms with Gasteiger partial charge < -0.3 is 10.2 Å². The normalized spacial score (nSPS) is 25.4. The molecular weight excluding hydrogens is 346 g/mol. The molecule has 0 amide bonds. The molecule has 3 aliphatic heterocycles. The molecule has 0 spiro atoms. The number of nitrogens with zero attached hydrogens (tertiary/aromatic N) is 4. The Hall–Kier alpha value is -1.85. The number of likely N-dealkylation sites (tertiary alicyclic amines) is 1. The lowest BCUT2D eigenvalue weighted by Crippen LogP contribution is -2.29. The summed E-state index contributed by atoms with van der Waals surface area (Å²) < 4.78 is 2.12. The fourth-order valence-corrected chi connectivity index (χ4v) is 5.37. The first-order valence-electron chi connectivity index (χ1n) is 11.2. The lowest BCUT2D eigenvalue weighted by molar-refractivity contribution is 0.306. The van der Waals surface area contributed by atoms with Crippen molar-refractivity contribution in [3.63, 3.8) is 0 Å². The van der Waals surface area contributed by atoms with E-state index in [2.05, 4.69) is 57.2 Å². The van der Waals surface area contributed by atoms with E-state index < -0.39 is 0 Å². The molecule has 2 aromatic rings. The highest BCUT2D eigenvalue weighted by molar-refractivity contribution is 5.78. The van der Waals surface area contributed by atoms with E-state index in [1.54, 1.807) is 0 Å². The summed E-state index contributed by atoms with van der Waals surface area (Å²) in [7, 11) is 0. The van der Waals surface area contributed by atoms with Crippen LogP contribution >= 0.6 is 0 Å². The molecule has 1 aromatic carbocycles. The number of benzene rings is 1. The number of fused-ring (bicyclic) bond motifs is 1. The van der Waals surface area contributed by atoms with E-state index >= 15 is 0 Å². The second kappa shape index (κ2) is 7.88. The van der Waals surface area contributed by atoms with E-state index in [0.717, 1.165) is 24.9 Å². The Morgan fingerprint density at radius 2 is 1.79 bits per heavy atom. The van der Waals surface area contributed by atoms with Crippen molar-refractivity contribution in [1.29, 1.82) is 0 Å². The van der Waals surface area contributed by atoms with E-state index in [9.17, 15) is 0 Å². The zero-order valence-electron chi connectivity index (χ0n) is 17.1. The van der Waals surface area contributed by atoms with Crippen LogP contribution in [0.2, 0.25) is 0 Å². The number of aromatic nitrogens is 2. The van der Waals surface area contributed by atoms with Crippen LogP contribution < -0.4 is 10.2 Å². The molecule has 3 saturated heterocycles. The Kier molecular flexibility index (Phi) is 5.12. The maximum absolute atomic E-state index is 5.02. The van der Waals surface area contributed by atoms with Crippen molar-refractivity contribution in [3.05, 3.63) is 36.0 Å². The van der Waals surface area contributed by atoms with Gasteiger partial charge in [0.05, 0.1) is 5.69 Å². The summed E-state index contributed by atoms with van der Waals surface area (Å²) in [4.78, 5) is 5.22. The monoisotopic (exact) mass is 379 g/mol. The fourth-order valence-electron chi connectivity index (χ4n) is 5.37. The van der Waals surface area contributed by atoms with Crippen molar-refractivity contribution in [2.24, 2.45) is 11.8 Å². The molecular formula is C23H33N5. The molecule has 3 fully saturated rings. The fraction of sp³-hybridized carbons (Fsp3) is 0.609. The maximum Gasteiger partial charge on any atom is 0.0989 e. The summed E-state index contributed by atoms with van der Waals surface area (Å²) in [6.45, 7) is 11.3. The first kappa shape index (κ1) is 18.2. The predicted molar refractivity (Wildman–Crippen MR) is 115 cm³/mol. The highest BCUT2D eigenvalue weighted by Gasteiger charge is 2.36. The van der Waals surface area contributed by atoms with Crippen LogP contribution in [0, 0.1) is 11.8 Å². The quantitative estimate of drug-likeness (QED) is 0.865. The number of para-hydroxylation sites is 1. The van der Waals surface area contributed by atoms with Gasteiger partial charge in [0, 0.05) is 62.3 Å². The van der Waals surface area contributed by atoms with Crippen LogP contribution in [0.15, 0.2) is 30.5 Å². The maximum atomic E-state index is 5.02. The molecule has 5 heteroatoms. The van der Waals surface area contributed by atoms with Crippen LogP contribution in [0.1, 0.15) is 31.7 Å². The van der Waals surface area contributed by atoms with Crippen LogP contribution in [0.25, 0.3) is 11.3 Å². The standard InChI is InChI=1S/C23H33N5/c1-2-28-17-20(16-26-14-18-12-24-13-19(18)15-26)23(25-28)21-8-4-5-9-22(21)27-10-6-3-7-11-27/h4-5,8-9,17-19,24H,2-3,6-7,10-16H2,1H3. The van der Waals surface area contributed by atoms with Crippen LogP contribution in [0.4, 0.5) is 5.69 Å². The van der Waals surface area contributed by atoms with Gasteiger partial charge in [-0.15, -0.1) is 0 Å². The summed E-state index contributed by atoms with van der Waals surface area (Å²) in [6.07, 6.45) is 6.25. The smallest absolute Gasteiger partial charge is 0.0989 e. The van der Waals surface area contributed by atoms with Gasteiger partial charge in [-0.25, -0.2) is 0 Å². The molecule has 5 nitrogen and oxygen atoms in total. The van der Waals surface area contributed by atoms with Gasteiger partial charge in [0.2, 0.25) is 0 Å². The van der Waals surface area contributed by atoms with Crippen LogP contribution in [-0.2, 0) is 13.1 Å². The number of anilines is 1. The minimum absolute atomic E-state index is 0.838. The summed E-state index contributed by atoms with van der Waals surface area (Å²) in [5.74, 6) is 1.68. The molecule has 4 heterocycles. The van der Waals surface area contributed by atoms with Crippen molar-refractivity contribution in [1.82, 2.24) is 20.0 Å². The minimum Gasteiger partial charge on any atom is -0.371 e. The number of hydrogen-bond donors (Lipinski definition) is 1. The Morgan fingerprint density at radius 1 is 1.04 bits per heavy atom. The van der Waals surface area contributed by atoms with Gasteiger partial charge in [-0.2, -0.15) is 5.10 Å². The first-order valence-corrected chi connectivity index (χ1v) is 11.2. The zero-order chi connectivity index (χ0) is 18.9. The van der Waals surface area contributed by atoms with Gasteiger partial charge in [0.15, 0.2) is 0 Å². The summed E-state index contributed by atoms with van der Waals surface area (Å²) >= 11 is 0. The third-order valence-corrected chi connectivity index (χ3v) is 6.88. The van der Waals surface area contributed by atoms with E-state index in [0.29, 0.717) is 0 Å². The lowest BCUT2D eigenvalue weighted by atomic mass is 10.0. The van der Waals surface area contributed by atoms with E-state index in [-0.39, 0.29) is 0 Å². The third-order valence-electron chi connectivity index (χ3n) is 6.88. The van der Waals surface area contributed by atoms with Gasteiger partial charge in [0.25, 0.3) is 0 Å². The Balaban J connectivity index is 1.44. The predicted octanol–water partition coefficient (Wildman–Crippen LogP) is 3.21. The Labute approximate surface area is 168 Å². The topological polar surface area (TPSA) is 36.3 Å². The molecule has 2 atom stereocenters. The van der Waals surface area contributed by atoms with Gasteiger partial charge in [0.1, 0.15) is 0 Å². The molecule has 0 saturated carbocycles. The molecule has 2 unspecified atom stereocenters. The number of aryl methyl sites for hydroxylation is 1. The minimum atomic E-state index is 0.838. The molecule has 0 radical (unpaired) electrons. The first-order chi connectivity index (χ1) is 13.8. The number of hydrogen-bond acceptors (Lipinski definition) is 4. The van der Waals surface area contributed by atoms with E-state index in [1.807, 2.05) is 0 Å². The van der Waals surface area contributed by atoms with Crippen LogP contribution in [0.3, 0.4) is 0 Å². The third kappa shape index (κ3) is 3.46.